The third-order valence-corrected chi connectivity index (χ3v) is 4.45. The highest BCUT2D eigenvalue weighted by molar-refractivity contribution is 5.74. The summed E-state index contributed by atoms with van der Waals surface area (Å²) in [5.41, 5.74) is 1.68. The van der Waals surface area contributed by atoms with Gasteiger partial charge < -0.3 is 9.72 Å². The maximum atomic E-state index is 14.2. The monoisotopic (exact) mass is 362 g/mol. The second-order valence-electron chi connectivity index (χ2n) is 6.37. The molecule has 26 heavy (non-hydrogen) atoms. The first-order valence-electron chi connectivity index (χ1n) is 8.29. The van der Waals surface area contributed by atoms with Crippen LogP contribution in [-0.4, -0.2) is 45.2 Å². The predicted octanol–water partition coefficient (Wildman–Crippen LogP) is 2.98. The molecule has 136 valence electrons. The predicted molar refractivity (Wildman–Crippen MR) is 89.0 cm³/mol. The average Bonchev–Trinajstić information content (AvgIpc) is 3.17. The molecule has 2 aromatic heterocycles. The van der Waals surface area contributed by atoms with Crippen molar-refractivity contribution in [3.8, 4) is 0 Å². The molecule has 3 heterocycles. The molecule has 1 aromatic carbocycles. The number of alkyl halides is 1. The summed E-state index contributed by atoms with van der Waals surface area (Å²) in [5, 5.41) is 0. The number of imidazole rings is 1. The van der Waals surface area contributed by atoms with Gasteiger partial charge in [0.2, 0.25) is 0 Å². The molecule has 0 radical (unpaired) electrons. The van der Waals surface area contributed by atoms with Crippen molar-refractivity contribution < 1.29 is 17.9 Å². The first-order chi connectivity index (χ1) is 12.6. The third kappa shape index (κ3) is 3.56. The highest BCUT2D eigenvalue weighted by Gasteiger charge is 2.34. The van der Waals surface area contributed by atoms with Crippen LogP contribution < -0.4 is 0 Å². The molecule has 3 aromatic rings. The summed E-state index contributed by atoms with van der Waals surface area (Å²) in [6, 6.07) is 5.84. The van der Waals surface area contributed by atoms with Crippen molar-refractivity contribution in [3.05, 3.63) is 59.7 Å². The molecule has 4 rings (SSSR count). The molecule has 0 unspecified atom stereocenters. The third-order valence-electron chi connectivity index (χ3n) is 4.45. The Hall–Kier alpha value is -2.45. The number of fused-ring (bicyclic) bond motifs is 1. The van der Waals surface area contributed by atoms with Crippen LogP contribution in [0.2, 0.25) is 0 Å². The van der Waals surface area contributed by atoms with Gasteiger partial charge in [0.15, 0.2) is 0 Å². The second kappa shape index (κ2) is 7.05. The fraction of sp³-hybridized carbons (Fsp3) is 0.333. The van der Waals surface area contributed by atoms with Crippen LogP contribution in [0.15, 0.2) is 36.7 Å². The van der Waals surface area contributed by atoms with E-state index in [1.54, 1.807) is 12.1 Å². The molecule has 0 spiro atoms. The van der Waals surface area contributed by atoms with Crippen LogP contribution in [0.25, 0.3) is 11.0 Å². The van der Waals surface area contributed by atoms with Gasteiger partial charge >= 0.3 is 0 Å². The van der Waals surface area contributed by atoms with Crippen LogP contribution in [0.4, 0.5) is 13.2 Å². The molecular weight excluding hydrogens is 345 g/mol. The molecule has 1 saturated heterocycles. The van der Waals surface area contributed by atoms with Gasteiger partial charge in [0.25, 0.3) is 0 Å². The second-order valence-corrected chi connectivity index (χ2v) is 6.37. The van der Waals surface area contributed by atoms with Gasteiger partial charge in [-0.2, -0.15) is 0 Å². The molecule has 5 nitrogen and oxygen atoms in total. The number of aromatic nitrogens is 3. The highest BCUT2D eigenvalue weighted by atomic mass is 19.1. The van der Waals surface area contributed by atoms with Gasteiger partial charge in [-0.15, -0.1) is 0 Å². The Morgan fingerprint density at radius 2 is 2.12 bits per heavy atom. The molecule has 1 aliphatic rings. The highest BCUT2D eigenvalue weighted by Crippen LogP contribution is 2.21. The first kappa shape index (κ1) is 17.0. The topological polar surface area (TPSA) is 54.0 Å². The smallest absolute Gasteiger partial charge is 0.145 e. The van der Waals surface area contributed by atoms with E-state index in [-0.39, 0.29) is 19.0 Å². The number of pyridine rings is 1. The van der Waals surface area contributed by atoms with Crippen LogP contribution >= 0.6 is 0 Å². The van der Waals surface area contributed by atoms with Crippen LogP contribution in [0.3, 0.4) is 0 Å². The van der Waals surface area contributed by atoms with E-state index in [1.165, 1.54) is 18.3 Å². The summed E-state index contributed by atoms with van der Waals surface area (Å²) >= 11 is 0. The lowest BCUT2D eigenvalue weighted by atomic mass is 10.2. The fourth-order valence-electron chi connectivity index (χ4n) is 3.16. The summed E-state index contributed by atoms with van der Waals surface area (Å²) in [7, 11) is 0. The lowest BCUT2D eigenvalue weighted by Gasteiger charge is -2.15. The number of rotatable bonds is 5. The number of H-pyrrole nitrogens is 1. The normalized spacial score (nSPS) is 20.9. The number of nitrogens with zero attached hydrogens (tertiary/aromatic N) is 3. The number of nitrogens with one attached hydrogen (secondary N) is 1. The van der Waals surface area contributed by atoms with Gasteiger partial charge in [0.1, 0.15) is 36.3 Å². The van der Waals surface area contributed by atoms with Crippen molar-refractivity contribution >= 4 is 11.0 Å². The molecule has 8 heteroatoms. The standard InChI is InChI=1S/C18H17F3N4O/c19-12-1-2-15-16(5-12)24-18(23-15)10-26-17-9-25(8-14(17)21)7-11-3-4-22-6-13(11)20/h1-6,14,17H,7-10H2,(H,23,24)/t14-,17+/m1/s1. The van der Waals surface area contributed by atoms with E-state index in [9.17, 15) is 13.2 Å². The number of halogens is 3. The zero-order chi connectivity index (χ0) is 18.1. The molecule has 0 amide bonds. The SMILES string of the molecule is Fc1ccc2nc(CO[C@H]3CN(Cc4ccncc4F)C[C@H]3F)[nH]c2c1. The molecule has 1 fully saturated rings. The Bertz CT molecular complexity index is 916. The minimum atomic E-state index is -1.17. The van der Waals surface area contributed by atoms with E-state index in [0.29, 0.717) is 35.5 Å². The zero-order valence-corrected chi connectivity index (χ0v) is 13.8. The van der Waals surface area contributed by atoms with E-state index in [1.807, 2.05) is 4.90 Å². The summed E-state index contributed by atoms with van der Waals surface area (Å²) in [6.45, 7) is 0.937. The number of hydrogen-bond acceptors (Lipinski definition) is 4. The maximum absolute atomic E-state index is 14.2. The van der Waals surface area contributed by atoms with Gasteiger partial charge in [0, 0.05) is 31.4 Å². The van der Waals surface area contributed by atoms with Crippen molar-refractivity contribution in [2.45, 2.75) is 25.4 Å². The van der Waals surface area contributed by atoms with E-state index >= 15 is 0 Å². The van der Waals surface area contributed by atoms with Crippen molar-refractivity contribution in [2.24, 2.45) is 0 Å². The number of aromatic amines is 1. The van der Waals surface area contributed by atoms with E-state index < -0.39 is 18.1 Å². The van der Waals surface area contributed by atoms with Crippen LogP contribution in [0, 0.1) is 11.6 Å². The Morgan fingerprint density at radius 3 is 2.96 bits per heavy atom. The molecule has 1 N–H and O–H groups in total. The Labute approximate surface area is 147 Å². The van der Waals surface area contributed by atoms with Gasteiger partial charge in [-0.05, 0) is 24.3 Å². The lowest BCUT2D eigenvalue weighted by Crippen LogP contribution is -2.24. The van der Waals surface area contributed by atoms with Gasteiger partial charge in [-0.25, -0.2) is 18.2 Å². The van der Waals surface area contributed by atoms with Crippen LogP contribution in [-0.2, 0) is 17.9 Å². The first-order valence-corrected chi connectivity index (χ1v) is 8.29. The van der Waals surface area contributed by atoms with Gasteiger partial charge in [0.05, 0.1) is 17.2 Å². The Morgan fingerprint density at radius 1 is 1.23 bits per heavy atom. The molecule has 2 atom stereocenters. The molecule has 0 aliphatic carbocycles. The van der Waals surface area contributed by atoms with Crippen molar-refractivity contribution in [1.82, 2.24) is 19.9 Å². The van der Waals surface area contributed by atoms with Gasteiger partial charge in [-0.3, -0.25) is 9.88 Å². The Balaban J connectivity index is 1.36. The van der Waals surface area contributed by atoms with E-state index in [0.717, 1.165) is 6.20 Å². The quantitative estimate of drug-likeness (QED) is 0.758. The fourth-order valence-corrected chi connectivity index (χ4v) is 3.16. The summed E-state index contributed by atoms with van der Waals surface area (Å²) in [4.78, 5) is 12.8. The number of hydrogen-bond donors (Lipinski definition) is 1. The number of likely N-dealkylation sites (tertiary alicyclic amines) is 1. The zero-order valence-electron chi connectivity index (χ0n) is 13.8. The van der Waals surface area contributed by atoms with Crippen molar-refractivity contribution in [3.63, 3.8) is 0 Å². The largest absolute Gasteiger partial charge is 0.366 e. The molecule has 1 aliphatic heterocycles. The van der Waals surface area contributed by atoms with Crippen LogP contribution in [0.1, 0.15) is 11.4 Å². The Kier molecular flexibility index (Phi) is 4.60. The molecular formula is C18H17F3N4O. The summed E-state index contributed by atoms with van der Waals surface area (Å²) in [6.07, 6.45) is 0.878. The minimum Gasteiger partial charge on any atom is -0.366 e. The lowest BCUT2D eigenvalue weighted by molar-refractivity contribution is 0.00861. The molecule has 0 bridgehead atoms. The minimum absolute atomic E-state index is 0.0961. The number of ether oxygens (including phenoxy) is 1. The molecule has 0 saturated carbocycles. The maximum Gasteiger partial charge on any atom is 0.145 e. The van der Waals surface area contributed by atoms with E-state index in [4.69, 9.17) is 4.74 Å². The number of benzene rings is 1. The van der Waals surface area contributed by atoms with Crippen molar-refractivity contribution in [1.29, 1.82) is 0 Å². The van der Waals surface area contributed by atoms with Gasteiger partial charge in [-0.1, -0.05) is 0 Å². The van der Waals surface area contributed by atoms with Crippen molar-refractivity contribution in [2.75, 3.05) is 13.1 Å². The van der Waals surface area contributed by atoms with Crippen LogP contribution in [0.5, 0.6) is 0 Å². The summed E-state index contributed by atoms with van der Waals surface area (Å²) < 4.78 is 46.8. The summed E-state index contributed by atoms with van der Waals surface area (Å²) in [5.74, 6) is -0.245. The van der Waals surface area contributed by atoms with E-state index in [2.05, 4.69) is 15.0 Å². The average molecular weight is 362 g/mol.